The molecule has 1 aromatic rings. The van der Waals surface area contributed by atoms with Gasteiger partial charge in [-0.2, -0.15) is 5.26 Å². The molecule has 3 nitrogen and oxygen atoms in total. The first kappa shape index (κ1) is 13.1. The number of nitrogens with zero attached hydrogens (tertiary/aromatic N) is 1. The van der Waals surface area contributed by atoms with Gasteiger partial charge in [-0.15, -0.1) is 0 Å². The number of rotatable bonds is 2. The lowest BCUT2D eigenvalue weighted by molar-refractivity contribution is 0.0920. The molecule has 0 saturated carbocycles. The maximum Gasteiger partial charge on any atom is 0.258 e. The molecule has 1 aromatic carbocycles. The van der Waals surface area contributed by atoms with E-state index in [-0.39, 0.29) is 5.56 Å². The molecule has 0 fully saturated rings. The van der Waals surface area contributed by atoms with Crippen LogP contribution < -0.4 is 5.32 Å². The van der Waals surface area contributed by atoms with Crippen molar-refractivity contribution in [3.8, 4) is 6.07 Å². The van der Waals surface area contributed by atoms with Gasteiger partial charge in [0.1, 0.15) is 22.7 Å². The summed E-state index contributed by atoms with van der Waals surface area (Å²) in [5, 5.41) is 11.0. The maximum absolute atomic E-state index is 13.6. The quantitative estimate of drug-likeness (QED) is 0.859. The first-order chi connectivity index (χ1) is 7.78. The molecule has 1 amide bonds. The van der Waals surface area contributed by atoms with Crippen LogP contribution in [0.4, 0.5) is 8.78 Å². The highest BCUT2D eigenvalue weighted by atomic mass is 19.1. The molecule has 0 radical (unpaired) electrons. The molecule has 0 aliphatic heterocycles. The molecule has 0 atom stereocenters. The lowest BCUT2D eigenvalue weighted by Gasteiger charge is -2.18. The SMILES string of the molecule is Cc1ccc(F)c(C(=O)NC(C)(C)C#N)c1F. The Morgan fingerprint density at radius 3 is 2.53 bits per heavy atom. The van der Waals surface area contributed by atoms with Gasteiger partial charge >= 0.3 is 0 Å². The third-order valence-electron chi connectivity index (χ3n) is 2.22. The molecule has 1 rings (SSSR count). The van der Waals surface area contributed by atoms with E-state index in [1.807, 2.05) is 6.07 Å². The van der Waals surface area contributed by atoms with Crippen LogP contribution >= 0.6 is 0 Å². The summed E-state index contributed by atoms with van der Waals surface area (Å²) < 4.78 is 27.0. The van der Waals surface area contributed by atoms with Crippen molar-refractivity contribution in [2.75, 3.05) is 0 Å². The number of halogens is 2. The number of hydrogen-bond donors (Lipinski definition) is 1. The second-order valence-electron chi connectivity index (χ2n) is 4.24. The van der Waals surface area contributed by atoms with E-state index in [4.69, 9.17) is 5.26 Å². The van der Waals surface area contributed by atoms with Gasteiger partial charge in [-0.3, -0.25) is 4.79 Å². The molecule has 90 valence electrons. The van der Waals surface area contributed by atoms with Crippen molar-refractivity contribution in [2.24, 2.45) is 0 Å². The molecule has 0 unspecified atom stereocenters. The molecular formula is C12H12F2N2O. The first-order valence-corrected chi connectivity index (χ1v) is 4.97. The van der Waals surface area contributed by atoms with E-state index in [1.165, 1.54) is 26.8 Å². The Labute approximate surface area is 98.1 Å². The maximum atomic E-state index is 13.6. The number of nitrogens with one attached hydrogen (secondary N) is 1. The van der Waals surface area contributed by atoms with Gasteiger partial charge < -0.3 is 5.32 Å². The van der Waals surface area contributed by atoms with E-state index in [9.17, 15) is 13.6 Å². The van der Waals surface area contributed by atoms with Crippen molar-refractivity contribution < 1.29 is 13.6 Å². The second-order valence-corrected chi connectivity index (χ2v) is 4.24. The largest absolute Gasteiger partial charge is 0.334 e. The minimum atomic E-state index is -1.18. The van der Waals surface area contributed by atoms with Crippen LogP contribution in [0.5, 0.6) is 0 Å². The number of benzene rings is 1. The average Bonchev–Trinajstić information content (AvgIpc) is 2.23. The monoisotopic (exact) mass is 238 g/mol. The Morgan fingerprint density at radius 1 is 1.41 bits per heavy atom. The number of nitriles is 1. The van der Waals surface area contributed by atoms with Crippen LogP contribution in [0.3, 0.4) is 0 Å². The molecule has 0 bridgehead atoms. The van der Waals surface area contributed by atoms with E-state index in [1.54, 1.807) is 0 Å². The minimum Gasteiger partial charge on any atom is -0.334 e. The summed E-state index contributed by atoms with van der Waals surface area (Å²) >= 11 is 0. The summed E-state index contributed by atoms with van der Waals surface area (Å²) in [5.74, 6) is -2.79. The molecule has 0 heterocycles. The zero-order valence-corrected chi connectivity index (χ0v) is 9.77. The van der Waals surface area contributed by atoms with Crippen LogP contribution in [0, 0.1) is 29.9 Å². The Morgan fingerprint density at radius 2 is 2.00 bits per heavy atom. The Bertz CT molecular complexity index is 504. The predicted octanol–water partition coefficient (Wildman–Crippen LogP) is 2.31. The van der Waals surface area contributed by atoms with Gasteiger partial charge in [0.15, 0.2) is 0 Å². The zero-order chi connectivity index (χ0) is 13.2. The fraction of sp³-hybridized carbons (Fsp3) is 0.333. The summed E-state index contributed by atoms with van der Waals surface area (Å²) in [6.07, 6.45) is 0. The number of hydrogen-bond acceptors (Lipinski definition) is 2. The summed E-state index contributed by atoms with van der Waals surface area (Å²) in [7, 11) is 0. The molecule has 0 saturated heterocycles. The van der Waals surface area contributed by atoms with Gasteiger partial charge in [-0.05, 0) is 32.4 Å². The molecule has 0 aliphatic rings. The van der Waals surface area contributed by atoms with Crippen LogP contribution in [0.15, 0.2) is 12.1 Å². The summed E-state index contributed by atoms with van der Waals surface area (Å²) in [5.41, 5.74) is -1.67. The molecule has 0 aromatic heterocycles. The lowest BCUT2D eigenvalue weighted by atomic mass is 10.1. The van der Waals surface area contributed by atoms with Crippen molar-refractivity contribution in [3.05, 3.63) is 34.9 Å². The molecule has 5 heteroatoms. The van der Waals surface area contributed by atoms with Gasteiger partial charge in [-0.25, -0.2) is 8.78 Å². The minimum absolute atomic E-state index is 0.173. The van der Waals surface area contributed by atoms with E-state index >= 15 is 0 Å². The highest BCUT2D eigenvalue weighted by Gasteiger charge is 2.25. The average molecular weight is 238 g/mol. The van der Waals surface area contributed by atoms with Crippen LogP contribution in [-0.4, -0.2) is 11.4 Å². The van der Waals surface area contributed by atoms with E-state index in [0.29, 0.717) is 0 Å². The third-order valence-corrected chi connectivity index (χ3v) is 2.22. The van der Waals surface area contributed by atoms with Crippen molar-refractivity contribution in [2.45, 2.75) is 26.3 Å². The fourth-order valence-corrected chi connectivity index (χ4v) is 1.24. The van der Waals surface area contributed by atoms with E-state index in [0.717, 1.165) is 6.07 Å². The van der Waals surface area contributed by atoms with Crippen LogP contribution in [0.2, 0.25) is 0 Å². The van der Waals surface area contributed by atoms with E-state index < -0.39 is 28.6 Å². The predicted molar refractivity (Wildman–Crippen MR) is 58.3 cm³/mol. The second kappa shape index (κ2) is 4.50. The number of carbonyl (C=O) groups is 1. The normalized spacial score (nSPS) is 10.8. The highest BCUT2D eigenvalue weighted by molar-refractivity contribution is 5.95. The third kappa shape index (κ3) is 2.78. The van der Waals surface area contributed by atoms with Gasteiger partial charge in [0, 0.05) is 0 Å². The molecule has 17 heavy (non-hydrogen) atoms. The van der Waals surface area contributed by atoms with Crippen molar-refractivity contribution in [3.63, 3.8) is 0 Å². The Hall–Kier alpha value is -1.96. The summed E-state index contributed by atoms with van der Waals surface area (Å²) in [6, 6.07) is 4.09. The highest BCUT2D eigenvalue weighted by Crippen LogP contribution is 2.17. The van der Waals surface area contributed by atoms with Gasteiger partial charge in [0.25, 0.3) is 5.91 Å². The topological polar surface area (TPSA) is 52.9 Å². The van der Waals surface area contributed by atoms with Crippen LogP contribution in [-0.2, 0) is 0 Å². The van der Waals surface area contributed by atoms with E-state index in [2.05, 4.69) is 5.32 Å². The number of amides is 1. The van der Waals surface area contributed by atoms with Crippen molar-refractivity contribution in [1.82, 2.24) is 5.32 Å². The Balaban J connectivity index is 3.15. The lowest BCUT2D eigenvalue weighted by Crippen LogP contribution is -2.42. The van der Waals surface area contributed by atoms with Crippen LogP contribution in [0.1, 0.15) is 29.8 Å². The van der Waals surface area contributed by atoms with Crippen LogP contribution in [0.25, 0.3) is 0 Å². The van der Waals surface area contributed by atoms with Gasteiger partial charge in [0.05, 0.1) is 6.07 Å². The van der Waals surface area contributed by atoms with Gasteiger partial charge in [0.2, 0.25) is 0 Å². The standard InChI is InChI=1S/C12H12F2N2O/c1-7-4-5-8(13)9(10(7)14)11(17)16-12(2,3)6-15/h4-5H,1-3H3,(H,16,17). The number of carbonyl (C=O) groups excluding carboxylic acids is 1. The van der Waals surface area contributed by atoms with Crippen molar-refractivity contribution in [1.29, 1.82) is 5.26 Å². The molecular weight excluding hydrogens is 226 g/mol. The fourth-order valence-electron chi connectivity index (χ4n) is 1.24. The smallest absolute Gasteiger partial charge is 0.258 e. The zero-order valence-electron chi connectivity index (χ0n) is 9.77. The summed E-state index contributed by atoms with van der Waals surface area (Å²) in [4.78, 5) is 11.7. The Kier molecular flexibility index (Phi) is 3.47. The first-order valence-electron chi connectivity index (χ1n) is 4.97. The summed E-state index contributed by atoms with van der Waals surface area (Å²) in [6.45, 7) is 4.31. The molecule has 0 spiro atoms. The number of aryl methyl sites for hydroxylation is 1. The van der Waals surface area contributed by atoms with Crippen molar-refractivity contribution >= 4 is 5.91 Å². The van der Waals surface area contributed by atoms with Gasteiger partial charge in [-0.1, -0.05) is 6.07 Å². The molecule has 0 aliphatic carbocycles. The molecule has 1 N–H and O–H groups in total.